The third kappa shape index (κ3) is 6.59. The Kier molecular flexibility index (Phi) is 8.00. The predicted molar refractivity (Wildman–Crippen MR) is 123 cm³/mol. The Morgan fingerprint density at radius 3 is 2.60 bits per heavy atom. The van der Waals surface area contributed by atoms with Crippen molar-refractivity contribution in [3.05, 3.63) is 49.2 Å². The van der Waals surface area contributed by atoms with E-state index in [1.54, 1.807) is 49.9 Å². The molecule has 0 aliphatic heterocycles. The van der Waals surface area contributed by atoms with Gasteiger partial charge in [-0.3, -0.25) is 4.79 Å². The second-order valence-electron chi connectivity index (χ2n) is 7.07. The molecule has 2 atom stereocenters. The second-order valence-corrected chi connectivity index (χ2v) is 10.3. The van der Waals surface area contributed by atoms with E-state index in [1.807, 2.05) is 0 Å². The van der Waals surface area contributed by atoms with Gasteiger partial charge in [-0.05, 0) is 49.7 Å². The molecule has 1 aromatic heterocycles. The smallest absolute Gasteiger partial charge is 0.247 e. The molecule has 2 unspecified atom stereocenters. The molecule has 0 aliphatic carbocycles. The van der Waals surface area contributed by atoms with Crippen LogP contribution in [0.4, 0.5) is 17.2 Å². The van der Waals surface area contributed by atoms with E-state index in [4.69, 9.17) is 16.2 Å². The molecule has 1 amide bonds. The maximum Gasteiger partial charge on any atom is 0.247 e. The normalized spacial score (nSPS) is 13.1. The highest BCUT2D eigenvalue weighted by Crippen LogP contribution is 2.37. The molecule has 1 aromatic carbocycles. The highest BCUT2D eigenvalue weighted by Gasteiger charge is 2.19. The maximum absolute atomic E-state index is 12.5. The van der Waals surface area contributed by atoms with Crippen molar-refractivity contribution in [2.24, 2.45) is 11.5 Å². The summed E-state index contributed by atoms with van der Waals surface area (Å²) in [4.78, 5) is 15.8. The molecule has 7 N–H and O–H groups in total. The van der Waals surface area contributed by atoms with Crippen LogP contribution in [0, 0.1) is 0 Å². The van der Waals surface area contributed by atoms with Crippen molar-refractivity contribution in [1.82, 2.24) is 4.98 Å². The lowest BCUT2D eigenvalue weighted by Gasteiger charge is -2.23. The molecular weight excluding hydrogens is 403 g/mol. The molecule has 0 spiro atoms. The van der Waals surface area contributed by atoms with E-state index in [0.717, 1.165) is 0 Å². The topological polar surface area (TPSA) is 144 Å². The third-order valence-electron chi connectivity index (χ3n) is 4.19. The van der Waals surface area contributed by atoms with Crippen LogP contribution in [0.3, 0.4) is 0 Å². The molecule has 0 fully saturated rings. The van der Waals surface area contributed by atoms with Gasteiger partial charge in [0, 0.05) is 18.3 Å². The Morgan fingerprint density at radius 1 is 1.27 bits per heavy atom. The number of nitrogens with one attached hydrogen (secondary N) is 3. The van der Waals surface area contributed by atoms with Crippen LogP contribution in [0.5, 0.6) is 5.75 Å². The van der Waals surface area contributed by atoms with Gasteiger partial charge in [0.15, 0.2) is 0 Å². The highest BCUT2D eigenvalue weighted by atomic mass is 31.2. The number of anilines is 3. The first-order chi connectivity index (χ1) is 14.1. The number of nitrogens with two attached hydrogens (primary N) is 2. The van der Waals surface area contributed by atoms with Crippen LogP contribution in [-0.4, -0.2) is 43.7 Å². The zero-order chi connectivity index (χ0) is 22.3. The molecule has 0 saturated carbocycles. The lowest BCUT2D eigenvalue weighted by atomic mass is 10.2. The van der Waals surface area contributed by atoms with Crippen molar-refractivity contribution in [2.75, 3.05) is 36.4 Å². The van der Waals surface area contributed by atoms with Gasteiger partial charge in [0.25, 0.3) is 0 Å². The van der Waals surface area contributed by atoms with Crippen LogP contribution in [0.15, 0.2) is 49.2 Å². The second kappa shape index (κ2) is 10.2. The van der Waals surface area contributed by atoms with E-state index < -0.39 is 19.5 Å². The molecule has 2 aromatic rings. The van der Waals surface area contributed by atoms with Crippen molar-refractivity contribution >= 4 is 35.5 Å². The van der Waals surface area contributed by atoms with Gasteiger partial charge in [0.05, 0.1) is 30.4 Å². The predicted octanol–water partition coefficient (Wildman–Crippen LogP) is 1.95. The van der Waals surface area contributed by atoms with E-state index >= 15 is 0 Å². The minimum atomic E-state index is -2.52. The fourth-order valence-electron chi connectivity index (χ4n) is 2.80. The van der Waals surface area contributed by atoms with Crippen LogP contribution >= 0.6 is 7.14 Å². The number of hydrogen-bond donors (Lipinski definition) is 5. The van der Waals surface area contributed by atoms with Crippen LogP contribution in [0.2, 0.25) is 0 Å². The number of carbonyl (C=O) groups is 1. The number of carbonyl (C=O) groups excluding carboxylic acids is 1. The zero-order valence-electron chi connectivity index (χ0n) is 17.4. The molecule has 0 aliphatic rings. The fourth-order valence-corrected chi connectivity index (χ4v) is 3.88. The lowest BCUT2D eigenvalue weighted by Crippen LogP contribution is -2.41. The summed E-state index contributed by atoms with van der Waals surface area (Å²) in [5, 5.41) is 9.54. The minimum Gasteiger partial charge on any atom is -0.495 e. The molecule has 162 valence electrons. The number of methoxy groups -OCH3 is 1. The summed E-state index contributed by atoms with van der Waals surface area (Å²) >= 11 is 0. The van der Waals surface area contributed by atoms with Crippen LogP contribution in [-0.2, 0) is 9.36 Å². The van der Waals surface area contributed by atoms with Crippen molar-refractivity contribution in [2.45, 2.75) is 18.8 Å². The van der Waals surface area contributed by atoms with Gasteiger partial charge in [-0.25, -0.2) is 4.98 Å². The summed E-state index contributed by atoms with van der Waals surface area (Å²) in [6.45, 7) is 6.79. The Labute approximate surface area is 176 Å². The first kappa shape index (κ1) is 23.4. The average Bonchev–Trinajstić information content (AvgIpc) is 2.67. The summed E-state index contributed by atoms with van der Waals surface area (Å²) in [6.07, 6.45) is 2.06. The van der Waals surface area contributed by atoms with E-state index in [1.165, 1.54) is 13.2 Å². The average molecular weight is 432 g/mol. The summed E-state index contributed by atoms with van der Waals surface area (Å²) in [5.41, 5.74) is 13.6. The number of hydrogen-bond acceptors (Lipinski definition) is 8. The minimum absolute atomic E-state index is 0.322. The van der Waals surface area contributed by atoms with E-state index in [2.05, 4.69) is 27.5 Å². The molecule has 2 rings (SSSR count). The molecule has 0 saturated heterocycles. The number of pyridine rings is 1. The van der Waals surface area contributed by atoms with E-state index in [-0.39, 0.29) is 5.91 Å². The summed E-state index contributed by atoms with van der Waals surface area (Å²) < 4.78 is 17.8. The van der Waals surface area contributed by atoms with Crippen molar-refractivity contribution in [1.29, 1.82) is 0 Å². The summed E-state index contributed by atoms with van der Waals surface area (Å²) in [5.74, 6) is 0.725. The molecule has 9 nitrogen and oxygen atoms in total. The van der Waals surface area contributed by atoms with Gasteiger partial charge in [-0.1, -0.05) is 6.58 Å². The Morgan fingerprint density at radius 2 is 1.97 bits per heavy atom. The van der Waals surface area contributed by atoms with Gasteiger partial charge in [-0.2, -0.15) is 0 Å². The van der Waals surface area contributed by atoms with Gasteiger partial charge in [0.2, 0.25) is 5.91 Å². The first-order valence-electron chi connectivity index (χ1n) is 9.30. The Hall–Kier alpha value is -2.87. The third-order valence-corrected chi connectivity index (χ3v) is 5.71. The van der Waals surface area contributed by atoms with E-state index in [9.17, 15) is 9.36 Å². The molecule has 30 heavy (non-hydrogen) atoms. The van der Waals surface area contributed by atoms with Gasteiger partial charge < -0.3 is 36.7 Å². The lowest BCUT2D eigenvalue weighted by molar-refractivity contribution is -0.111. The van der Waals surface area contributed by atoms with E-state index in [0.29, 0.717) is 34.7 Å². The maximum atomic E-state index is 12.5. The van der Waals surface area contributed by atoms with Gasteiger partial charge in [0.1, 0.15) is 18.7 Å². The van der Waals surface area contributed by atoms with Crippen molar-refractivity contribution in [3.63, 3.8) is 0 Å². The number of amides is 1. The quantitative estimate of drug-likeness (QED) is 0.218. The summed E-state index contributed by atoms with van der Waals surface area (Å²) in [6, 6.07) is 8.64. The number of aromatic nitrogens is 1. The fraction of sp³-hybridized carbons (Fsp3) is 0.300. The Bertz CT molecular complexity index is 946. The number of rotatable bonds is 10. The highest BCUT2D eigenvalue weighted by molar-refractivity contribution is 7.70. The van der Waals surface area contributed by atoms with Gasteiger partial charge in [-0.15, -0.1) is 0 Å². The number of benzene rings is 1. The molecule has 1 heterocycles. The molecule has 0 bridgehead atoms. The number of nitrogens with zero attached hydrogens (tertiary/aromatic N) is 1. The molecular formula is C20H29N6O3P. The number of ether oxygens (including phenoxy) is 1. The monoisotopic (exact) mass is 432 g/mol. The zero-order valence-corrected chi connectivity index (χ0v) is 18.3. The van der Waals surface area contributed by atoms with Crippen LogP contribution in [0.25, 0.3) is 0 Å². The Balaban J connectivity index is 2.07. The molecule has 10 heteroatoms. The van der Waals surface area contributed by atoms with Crippen LogP contribution < -0.4 is 37.5 Å². The SMILES string of the molecule is C=CC(=O)Nc1ccc(OC)c(NC(N)CC(N)Nc2ncccc2P(C)(C)=O)c1. The van der Waals surface area contributed by atoms with Gasteiger partial charge >= 0.3 is 0 Å². The van der Waals surface area contributed by atoms with Crippen molar-refractivity contribution < 1.29 is 14.1 Å². The molecule has 0 radical (unpaired) electrons. The first-order valence-corrected chi connectivity index (χ1v) is 11.9. The van der Waals surface area contributed by atoms with Crippen molar-refractivity contribution in [3.8, 4) is 5.75 Å². The summed E-state index contributed by atoms with van der Waals surface area (Å²) in [7, 11) is -0.978. The van der Waals surface area contributed by atoms with Crippen LogP contribution in [0.1, 0.15) is 6.42 Å². The largest absolute Gasteiger partial charge is 0.495 e. The standard InChI is InChI=1S/C20H29N6O3P/c1-5-19(27)24-13-8-9-15(29-2)14(11-13)25-17(21)12-18(22)26-20-16(30(3,4)28)7-6-10-23-20/h5-11,17-18,25H,1,12,21-22H2,2-4H3,(H,23,26)(H,24,27).